The van der Waals surface area contributed by atoms with E-state index in [2.05, 4.69) is 20.6 Å². The molecule has 0 saturated heterocycles. The van der Waals surface area contributed by atoms with Crippen LogP contribution in [0.3, 0.4) is 0 Å². The summed E-state index contributed by atoms with van der Waals surface area (Å²) in [5, 5.41) is 6.50. The maximum atomic E-state index is 13.0. The molecule has 4 aromatic rings. The van der Waals surface area contributed by atoms with Crippen LogP contribution in [0.5, 0.6) is 5.75 Å². The van der Waals surface area contributed by atoms with E-state index in [9.17, 15) is 8.42 Å². The Morgan fingerprint density at radius 1 is 1.03 bits per heavy atom. The Balaban J connectivity index is 1.46. The van der Waals surface area contributed by atoms with Gasteiger partial charge in [0, 0.05) is 24.5 Å². The zero-order chi connectivity index (χ0) is 24.0. The molecule has 178 valence electrons. The highest BCUT2D eigenvalue weighted by molar-refractivity contribution is 7.87. The molecule has 7 nitrogen and oxygen atoms in total. The first-order chi connectivity index (χ1) is 16.4. The summed E-state index contributed by atoms with van der Waals surface area (Å²) in [5.41, 5.74) is 3.00. The fourth-order valence-electron chi connectivity index (χ4n) is 3.51. The first kappa shape index (κ1) is 23.9. The van der Waals surface area contributed by atoms with Crippen LogP contribution in [0.2, 0.25) is 0 Å². The third-order valence-corrected chi connectivity index (χ3v) is 6.74. The summed E-state index contributed by atoms with van der Waals surface area (Å²) < 4.78 is 31.5. The van der Waals surface area contributed by atoms with E-state index in [0.717, 1.165) is 18.4 Å². The third kappa shape index (κ3) is 6.21. The van der Waals surface area contributed by atoms with Gasteiger partial charge < -0.3 is 19.8 Å². The van der Waals surface area contributed by atoms with Gasteiger partial charge in [-0.1, -0.05) is 42.5 Å². The minimum atomic E-state index is -4.04. The van der Waals surface area contributed by atoms with Gasteiger partial charge in [0.05, 0.1) is 16.7 Å². The Morgan fingerprint density at radius 3 is 2.59 bits per heavy atom. The molecule has 0 radical (unpaired) electrons. The Labute approximate surface area is 204 Å². The zero-order valence-electron chi connectivity index (χ0n) is 18.8. The lowest BCUT2D eigenvalue weighted by Crippen LogP contribution is -2.13. The van der Waals surface area contributed by atoms with Crippen molar-refractivity contribution >= 4 is 44.4 Å². The molecule has 34 heavy (non-hydrogen) atoms. The minimum Gasteiger partial charge on any atom is -0.384 e. The van der Waals surface area contributed by atoms with Gasteiger partial charge >= 0.3 is 10.1 Å². The molecule has 0 fully saturated rings. The minimum absolute atomic E-state index is 0.0792. The second-order valence-electron chi connectivity index (χ2n) is 7.99. The van der Waals surface area contributed by atoms with Crippen LogP contribution >= 0.6 is 11.6 Å². The number of benzene rings is 3. The van der Waals surface area contributed by atoms with E-state index in [1.54, 1.807) is 36.4 Å². The van der Waals surface area contributed by atoms with Gasteiger partial charge in [-0.15, -0.1) is 11.6 Å². The Bertz CT molecular complexity index is 1340. The number of nitrogens with zero attached hydrogens (tertiary/aromatic N) is 1. The van der Waals surface area contributed by atoms with Crippen LogP contribution in [0, 0.1) is 0 Å². The van der Waals surface area contributed by atoms with Crippen LogP contribution in [0.4, 0.5) is 11.6 Å². The average molecular weight is 499 g/mol. The van der Waals surface area contributed by atoms with E-state index < -0.39 is 10.1 Å². The van der Waals surface area contributed by atoms with E-state index in [4.69, 9.17) is 15.8 Å². The predicted octanol–water partition coefficient (Wildman–Crippen LogP) is 5.76. The lowest BCUT2D eigenvalue weighted by atomic mass is 10.2. The molecule has 0 aliphatic rings. The maximum Gasteiger partial charge on any atom is 0.341 e. The number of halogens is 1. The standard InChI is InChI=1S/C25H27ClN4O3S/c1-18(26)8-7-15-27-22-11-5-6-12-24(22)34(31,32)33-20-13-14-21-23(16-20)30-25(29-21)28-17-19-9-3-2-4-10-19/h2-6,9-14,16,18,27H,7-8,15,17H2,1H3,(H2,28,29,30). The number of nitrogens with one attached hydrogen (secondary N) is 3. The Morgan fingerprint density at radius 2 is 1.79 bits per heavy atom. The highest BCUT2D eigenvalue weighted by Crippen LogP contribution is 2.27. The van der Waals surface area contributed by atoms with Crippen molar-refractivity contribution in [2.45, 2.75) is 36.6 Å². The molecule has 0 amide bonds. The van der Waals surface area contributed by atoms with Crippen molar-refractivity contribution in [3.05, 3.63) is 78.4 Å². The van der Waals surface area contributed by atoms with Gasteiger partial charge in [0.2, 0.25) is 5.95 Å². The van der Waals surface area contributed by atoms with Crippen LogP contribution in [-0.2, 0) is 16.7 Å². The van der Waals surface area contributed by atoms with Gasteiger partial charge in [-0.3, -0.25) is 0 Å². The molecular weight excluding hydrogens is 472 g/mol. The van der Waals surface area contributed by atoms with E-state index in [1.165, 1.54) is 6.07 Å². The highest BCUT2D eigenvalue weighted by atomic mass is 35.5. The normalized spacial score (nSPS) is 12.4. The number of H-pyrrole nitrogens is 1. The summed E-state index contributed by atoms with van der Waals surface area (Å²) in [4.78, 5) is 7.75. The summed E-state index contributed by atoms with van der Waals surface area (Å²) in [6, 6.07) is 21.6. The highest BCUT2D eigenvalue weighted by Gasteiger charge is 2.21. The van der Waals surface area contributed by atoms with E-state index in [-0.39, 0.29) is 16.0 Å². The summed E-state index contributed by atoms with van der Waals surface area (Å²) in [6.45, 7) is 3.17. The van der Waals surface area contributed by atoms with Gasteiger partial charge in [-0.05, 0) is 49.6 Å². The summed E-state index contributed by atoms with van der Waals surface area (Å²) in [7, 11) is -4.04. The SMILES string of the molecule is CC(Cl)CCCNc1ccccc1S(=O)(=O)Oc1ccc2nc(NCc3ccccc3)[nH]c2c1. The first-order valence-corrected chi connectivity index (χ1v) is 12.9. The molecular formula is C25H27ClN4O3S. The Hall–Kier alpha value is -3.23. The van der Waals surface area contributed by atoms with Crippen LogP contribution < -0.4 is 14.8 Å². The molecule has 0 aliphatic heterocycles. The van der Waals surface area contributed by atoms with E-state index in [0.29, 0.717) is 35.8 Å². The number of hydrogen-bond acceptors (Lipinski definition) is 6. The van der Waals surface area contributed by atoms with Crippen LogP contribution in [0.25, 0.3) is 11.0 Å². The van der Waals surface area contributed by atoms with Gasteiger partial charge in [0.15, 0.2) is 0 Å². The molecule has 9 heteroatoms. The molecule has 1 unspecified atom stereocenters. The molecule has 1 atom stereocenters. The number of anilines is 2. The van der Waals surface area contributed by atoms with Crippen LogP contribution in [-0.4, -0.2) is 30.3 Å². The number of imidazole rings is 1. The molecule has 1 heterocycles. The maximum absolute atomic E-state index is 13.0. The number of hydrogen-bond donors (Lipinski definition) is 3. The van der Waals surface area contributed by atoms with Crippen molar-refractivity contribution in [2.24, 2.45) is 0 Å². The quantitative estimate of drug-likeness (QED) is 0.138. The van der Waals surface area contributed by atoms with Crippen molar-refractivity contribution in [3.8, 4) is 5.75 Å². The second-order valence-corrected chi connectivity index (χ2v) is 10.2. The van der Waals surface area contributed by atoms with Crippen molar-refractivity contribution < 1.29 is 12.6 Å². The number of rotatable bonds is 11. The smallest absolute Gasteiger partial charge is 0.341 e. The predicted molar refractivity (Wildman–Crippen MR) is 137 cm³/mol. The molecule has 0 spiro atoms. The summed E-state index contributed by atoms with van der Waals surface area (Å²) >= 11 is 5.99. The van der Waals surface area contributed by atoms with Gasteiger partial charge in [0.25, 0.3) is 0 Å². The molecule has 0 saturated carbocycles. The number of fused-ring (bicyclic) bond motifs is 1. The number of alkyl halides is 1. The van der Waals surface area contributed by atoms with Gasteiger partial charge in [0.1, 0.15) is 10.6 Å². The summed E-state index contributed by atoms with van der Waals surface area (Å²) in [5.74, 6) is 0.802. The largest absolute Gasteiger partial charge is 0.384 e. The average Bonchev–Trinajstić information content (AvgIpc) is 3.23. The van der Waals surface area contributed by atoms with Crippen molar-refractivity contribution in [3.63, 3.8) is 0 Å². The topological polar surface area (TPSA) is 96.1 Å². The third-order valence-electron chi connectivity index (χ3n) is 5.21. The fourth-order valence-corrected chi connectivity index (χ4v) is 4.77. The van der Waals surface area contributed by atoms with Crippen LogP contribution in [0.1, 0.15) is 25.3 Å². The summed E-state index contributed by atoms with van der Waals surface area (Å²) in [6.07, 6.45) is 1.67. The van der Waals surface area contributed by atoms with E-state index in [1.807, 2.05) is 37.3 Å². The van der Waals surface area contributed by atoms with Crippen molar-refractivity contribution in [2.75, 3.05) is 17.2 Å². The van der Waals surface area contributed by atoms with Crippen LogP contribution in [0.15, 0.2) is 77.7 Å². The molecule has 3 N–H and O–H groups in total. The molecule has 3 aromatic carbocycles. The molecule has 0 aliphatic carbocycles. The molecule has 1 aromatic heterocycles. The number of aromatic nitrogens is 2. The number of para-hydroxylation sites is 1. The monoisotopic (exact) mass is 498 g/mol. The number of aromatic amines is 1. The Kier molecular flexibility index (Phi) is 7.59. The first-order valence-electron chi connectivity index (χ1n) is 11.1. The fraction of sp³-hybridized carbons (Fsp3) is 0.240. The van der Waals surface area contributed by atoms with Crippen molar-refractivity contribution in [1.29, 1.82) is 0 Å². The van der Waals surface area contributed by atoms with E-state index >= 15 is 0 Å². The lowest BCUT2D eigenvalue weighted by molar-refractivity contribution is 0.486. The lowest BCUT2D eigenvalue weighted by Gasteiger charge is -2.13. The van der Waals surface area contributed by atoms with Gasteiger partial charge in [-0.25, -0.2) is 4.98 Å². The molecule has 4 rings (SSSR count). The van der Waals surface area contributed by atoms with Crippen molar-refractivity contribution in [1.82, 2.24) is 9.97 Å². The second kappa shape index (κ2) is 10.8. The molecule has 0 bridgehead atoms. The van der Waals surface area contributed by atoms with Gasteiger partial charge in [-0.2, -0.15) is 8.42 Å². The zero-order valence-corrected chi connectivity index (χ0v) is 20.4.